The van der Waals surface area contributed by atoms with Gasteiger partial charge in [-0.3, -0.25) is 4.79 Å². The van der Waals surface area contributed by atoms with Crippen LogP contribution < -0.4 is 10.2 Å². The quantitative estimate of drug-likeness (QED) is 0.890. The van der Waals surface area contributed by atoms with E-state index in [2.05, 4.69) is 19.2 Å². The van der Waals surface area contributed by atoms with Crippen LogP contribution in [0.5, 0.6) is 0 Å². The number of nitrogens with one attached hydrogen (secondary N) is 2. The van der Waals surface area contributed by atoms with Crippen molar-refractivity contribution in [3.8, 4) is 0 Å². The Labute approximate surface area is 131 Å². The van der Waals surface area contributed by atoms with Gasteiger partial charge in [-0.1, -0.05) is 17.7 Å². The largest absolute Gasteiger partial charge is 0.364 e. The summed E-state index contributed by atoms with van der Waals surface area (Å²) < 4.78 is 5.69. The number of rotatable bonds is 3. The maximum Gasteiger partial charge on any atom is 0.279 e. The van der Waals surface area contributed by atoms with Crippen molar-refractivity contribution in [2.45, 2.75) is 39.9 Å². The lowest BCUT2D eigenvalue weighted by atomic mass is 10.1. The minimum Gasteiger partial charge on any atom is -0.364 e. The molecule has 2 rings (SSSR count). The van der Waals surface area contributed by atoms with Gasteiger partial charge in [0, 0.05) is 0 Å². The molecule has 0 bridgehead atoms. The first-order chi connectivity index (χ1) is 9.85. The fourth-order valence-electron chi connectivity index (χ4n) is 3.02. The highest BCUT2D eigenvalue weighted by Crippen LogP contribution is 2.27. The van der Waals surface area contributed by atoms with E-state index in [1.165, 1.54) is 4.90 Å². The van der Waals surface area contributed by atoms with Gasteiger partial charge in [0.1, 0.15) is 25.3 Å². The molecule has 4 nitrogen and oxygen atoms in total. The Kier molecular flexibility index (Phi) is 5.25. The van der Waals surface area contributed by atoms with Gasteiger partial charge in [-0.25, -0.2) is 0 Å². The highest BCUT2D eigenvalue weighted by molar-refractivity contribution is 6.34. The maximum absolute atomic E-state index is 12.3. The number of hydrogen-bond acceptors (Lipinski definition) is 2. The van der Waals surface area contributed by atoms with Crippen LogP contribution >= 0.6 is 11.6 Å². The van der Waals surface area contributed by atoms with E-state index in [1.807, 2.05) is 26.0 Å². The van der Waals surface area contributed by atoms with Crippen LogP contribution in [0.25, 0.3) is 0 Å². The number of halogens is 1. The van der Waals surface area contributed by atoms with Crippen molar-refractivity contribution in [1.82, 2.24) is 0 Å². The van der Waals surface area contributed by atoms with Crippen LogP contribution in [0.4, 0.5) is 5.69 Å². The van der Waals surface area contributed by atoms with Crippen LogP contribution in [0.1, 0.15) is 25.0 Å². The molecule has 5 heteroatoms. The van der Waals surface area contributed by atoms with Crippen LogP contribution in [-0.4, -0.2) is 37.7 Å². The minimum atomic E-state index is 0.000142. The number of carbonyl (C=O) groups is 1. The van der Waals surface area contributed by atoms with Crippen molar-refractivity contribution in [3.63, 3.8) is 0 Å². The zero-order valence-electron chi connectivity index (χ0n) is 13.1. The number of aryl methyl sites for hydroxylation is 2. The Morgan fingerprint density at radius 3 is 2.52 bits per heavy atom. The van der Waals surface area contributed by atoms with Crippen molar-refractivity contribution in [3.05, 3.63) is 28.3 Å². The third-order valence-corrected chi connectivity index (χ3v) is 4.02. The first-order valence-corrected chi connectivity index (χ1v) is 7.78. The number of anilines is 1. The van der Waals surface area contributed by atoms with E-state index < -0.39 is 0 Å². The average Bonchev–Trinajstić information content (AvgIpc) is 2.32. The standard InChI is InChI=1S/C16H23ClN2O2/c1-10-5-11(2)16(14(17)6-10)18-15(20)9-19-7-12(3)21-13(4)8-19/h5-6,12-13H,7-9H2,1-4H3,(H,18,20)/p+1/t12-,13+. The summed E-state index contributed by atoms with van der Waals surface area (Å²) in [6.07, 6.45) is 0.391. The van der Waals surface area contributed by atoms with Crippen molar-refractivity contribution >= 4 is 23.2 Å². The predicted molar refractivity (Wildman–Crippen MR) is 85.1 cm³/mol. The highest BCUT2D eigenvalue weighted by atomic mass is 35.5. The lowest BCUT2D eigenvalue weighted by Crippen LogP contribution is -3.16. The second-order valence-corrected chi connectivity index (χ2v) is 6.49. The van der Waals surface area contributed by atoms with Crippen molar-refractivity contribution < 1.29 is 14.4 Å². The highest BCUT2D eigenvalue weighted by Gasteiger charge is 2.27. The molecule has 116 valence electrons. The van der Waals surface area contributed by atoms with Crippen LogP contribution in [0.15, 0.2) is 12.1 Å². The number of carbonyl (C=O) groups excluding carboxylic acids is 1. The van der Waals surface area contributed by atoms with E-state index >= 15 is 0 Å². The molecule has 0 spiro atoms. The number of quaternary nitrogens is 1. The zero-order valence-corrected chi connectivity index (χ0v) is 13.9. The lowest BCUT2D eigenvalue weighted by molar-refractivity contribution is -0.907. The number of amides is 1. The number of ether oxygens (including phenoxy) is 1. The van der Waals surface area contributed by atoms with Gasteiger partial charge in [-0.05, 0) is 44.9 Å². The second kappa shape index (κ2) is 6.77. The number of benzene rings is 1. The van der Waals surface area contributed by atoms with Crippen LogP contribution in [-0.2, 0) is 9.53 Å². The fourth-order valence-corrected chi connectivity index (χ4v) is 3.39. The van der Waals surface area contributed by atoms with E-state index in [0.717, 1.165) is 29.9 Å². The smallest absolute Gasteiger partial charge is 0.279 e. The second-order valence-electron chi connectivity index (χ2n) is 6.08. The van der Waals surface area contributed by atoms with Crippen LogP contribution in [0, 0.1) is 13.8 Å². The molecular formula is C16H24ClN2O2+. The summed E-state index contributed by atoms with van der Waals surface area (Å²) in [5.41, 5.74) is 2.81. The monoisotopic (exact) mass is 311 g/mol. The summed E-state index contributed by atoms with van der Waals surface area (Å²) in [7, 11) is 0. The molecule has 1 heterocycles. The molecule has 1 saturated heterocycles. The van der Waals surface area contributed by atoms with Crippen molar-refractivity contribution in [2.75, 3.05) is 25.0 Å². The summed E-state index contributed by atoms with van der Waals surface area (Å²) in [5.74, 6) is 0.000142. The lowest BCUT2D eigenvalue weighted by Gasteiger charge is -2.32. The van der Waals surface area contributed by atoms with Crippen molar-refractivity contribution in [1.29, 1.82) is 0 Å². The Hall–Kier alpha value is -1.10. The number of morpholine rings is 1. The normalized spacial score (nSPS) is 25.7. The Balaban J connectivity index is 1.99. The van der Waals surface area contributed by atoms with E-state index in [1.54, 1.807) is 0 Å². The molecule has 1 amide bonds. The van der Waals surface area contributed by atoms with Gasteiger partial charge in [-0.2, -0.15) is 0 Å². The summed E-state index contributed by atoms with van der Waals surface area (Å²) in [5, 5.41) is 3.55. The SMILES string of the molecule is Cc1cc(C)c(NC(=O)C[NH+]2C[C@@H](C)O[C@@H](C)C2)c(Cl)c1. The summed E-state index contributed by atoms with van der Waals surface area (Å²) >= 11 is 6.23. The molecule has 1 aliphatic rings. The first kappa shape index (κ1) is 16.3. The van der Waals surface area contributed by atoms with Gasteiger partial charge in [0.2, 0.25) is 0 Å². The molecule has 1 fully saturated rings. The molecule has 3 atom stereocenters. The van der Waals surface area contributed by atoms with E-state index in [-0.39, 0.29) is 18.1 Å². The minimum absolute atomic E-state index is 0.000142. The summed E-state index contributed by atoms with van der Waals surface area (Å²) in [4.78, 5) is 13.5. The van der Waals surface area contributed by atoms with E-state index in [4.69, 9.17) is 16.3 Å². The van der Waals surface area contributed by atoms with E-state index in [0.29, 0.717) is 11.6 Å². The molecule has 0 saturated carbocycles. The van der Waals surface area contributed by atoms with Gasteiger partial charge in [-0.15, -0.1) is 0 Å². The summed E-state index contributed by atoms with van der Waals surface area (Å²) in [6.45, 7) is 10.2. The van der Waals surface area contributed by atoms with E-state index in [9.17, 15) is 4.79 Å². The van der Waals surface area contributed by atoms with Crippen LogP contribution in [0.2, 0.25) is 5.02 Å². The van der Waals surface area contributed by atoms with Gasteiger partial charge in [0.15, 0.2) is 6.54 Å². The van der Waals surface area contributed by atoms with Gasteiger partial charge in [0.25, 0.3) is 5.91 Å². The molecular weight excluding hydrogens is 288 g/mol. The third-order valence-electron chi connectivity index (χ3n) is 3.72. The first-order valence-electron chi connectivity index (χ1n) is 7.40. The molecule has 1 unspecified atom stereocenters. The number of hydrogen-bond donors (Lipinski definition) is 2. The topological polar surface area (TPSA) is 42.8 Å². The zero-order chi connectivity index (χ0) is 15.6. The van der Waals surface area contributed by atoms with Gasteiger partial charge >= 0.3 is 0 Å². The Morgan fingerprint density at radius 2 is 1.95 bits per heavy atom. The molecule has 0 radical (unpaired) electrons. The molecule has 1 aliphatic heterocycles. The molecule has 2 N–H and O–H groups in total. The van der Waals surface area contributed by atoms with Gasteiger partial charge < -0.3 is 15.0 Å². The van der Waals surface area contributed by atoms with Crippen molar-refractivity contribution in [2.24, 2.45) is 0 Å². The van der Waals surface area contributed by atoms with Crippen LogP contribution in [0.3, 0.4) is 0 Å². The predicted octanol–water partition coefficient (Wildman–Crippen LogP) is 1.59. The fraction of sp³-hybridized carbons (Fsp3) is 0.562. The molecule has 21 heavy (non-hydrogen) atoms. The molecule has 0 aromatic heterocycles. The molecule has 1 aromatic rings. The molecule has 0 aliphatic carbocycles. The Morgan fingerprint density at radius 1 is 1.33 bits per heavy atom. The Bertz CT molecular complexity index is 500. The summed E-state index contributed by atoms with van der Waals surface area (Å²) in [6, 6.07) is 3.89. The average molecular weight is 312 g/mol. The maximum atomic E-state index is 12.3. The molecule has 1 aromatic carbocycles. The van der Waals surface area contributed by atoms with Gasteiger partial charge in [0.05, 0.1) is 10.7 Å². The third kappa shape index (κ3) is 4.43.